The zero-order chi connectivity index (χ0) is 22.2. The molecule has 31 heavy (non-hydrogen) atoms. The van der Waals surface area contributed by atoms with Crippen LogP contribution in [0.1, 0.15) is 18.7 Å². The first-order valence-electron chi connectivity index (χ1n) is 9.34. The van der Waals surface area contributed by atoms with Crippen LogP contribution in [0.15, 0.2) is 47.4 Å². The minimum Gasteiger partial charge on any atom is -0.424 e. The number of nitrogens with two attached hydrogens (primary N) is 1. The molecule has 1 aromatic carbocycles. The molecule has 166 valence electrons. The van der Waals surface area contributed by atoms with Crippen molar-refractivity contribution < 1.29 is 33.0 Å². The zero-order valence-electron chi connectivity index (χ0n) is 16.4. The zero-order valence-corrected chi connectivity index (χ0v) is 17.3. The summed E-state index contributed by atoms with van der Waals surface area (Å²) < 4.78 is 35.0. The lowest BCUT2D eigenvalue weighted by molar-refractivity contribution is -0.0930. The van der Waals surface area contributed by atoms with E-state index in [9.17, 15) is 19.0 Å². The van der Waals surface area contributed by atoms with Crippen LogP contribution in [-0.2, 0) is 29.8 Å². The Morgan fingerprint density at radius 2 is 2.06 bits per heavy atom. The first-order valence-corrected chi connectivity index (χ1v) is 10.9. The van der Waals surface area contributed by atoms with E-state index >= 15 is 0 Å². The Hall–Kier alpha value is -2.76. The molecule has 2 saturated heterocycles. The summed E-state index contributed by atoms with van der Waals surface area (Å²) in [6.45, 7) is 1.23. The highest BCUT2D eigenvalue weighted by Gasteiger charge is 2.64. The molecule has 1 aromatic heterocycles. The number of ether oxygens (including phenoxy) is 3. The van der Waals surface area contributed by atoms with E-state index in [2.05, 4.69) is 10.1 Å². The summed E-state index contributed by atoms with van der Waals surface area (Å²) >= 11 is 0. The predicted octanol–water partition coefficient (Wildman–Crippen LogP) is 0.924. The van der Waals surface area contributed by atoms with E-state index in [0.717, 1.165) is 10.1 Å². The van der Waals surface area contributed by atoms with Crippen LogP contribution in [0.2, 0.25) is 0 Å². The van der Waals surface area contributed by atoms with Gasteiger partial charge in [-0.15, -0.1) is 0 Å². The first kappa shape index (κ1) is 21.5. The molecule has 4 rings (SSSR count). The fourth-order valence-corrected chi connectivity index (χ4v) is 4.39. The monoisotopic (exact) mass is 452 g/mol. The van der Waals surface area contributed by atoms with Gasteiger partial charge in [0, 0.05) is 12.7 Å². The van der Waals surface area contributed by atoms with Gasteiger partial charge in [-0.2, -0.15) is 4.98 Å². The molecule has 0 spiro atoms. The Labute approximate surface area is 176 Å². The van der Waals surface area contributed by atoms with Crippen LogP contribution in [-0.4, -0.2) is 45.0 Å². The number of benzene rings is 1. The highest BCUT2D eigenvalue weighted by atomic mass is 31.2. The molecule has 2 aromatic rings. The Bertz CT molecular complexity index is 1080. The number of aromatic nitrogens is 2. The fourth-order valence-electron chi connectivity index (χ4n) is 3.57. The normalized spacial score (nSPS) is 29.1. The van der Waals surface area contributed by atoms with E-state index in [1.807, 2.05) is 6.07 Å². The molecule has 2 aliphatic rings. The quantitative estimate of drug-likeness (QED) is 0.404. The molecule has 2 fully saturated rings. The average Bonchev–Trinajstić information content (AvgIpc) is 3.16. The van der Waals surface area contributed by atoms with Gasteiger partial charge >= 0.3 is 19.6 Å². The lowest BCUT2D eigenvalue weighted by Gasteiger charge is -2.26. The number of anilines is 1. The maximum atomic E-state index is 12.4. The summed E-state index contributed by atoms with van der Waals surface area (Å²) in [6.07, 6.45) is -2.66. The summed E-state index contributed by atoms with van der Waals surface area (Å²) in [5.41, 5.74) is 4.21. The maximum Gasteiger partial charge on any atom is 0.509 e. The van der Waals surface area contributed by atoms with Crippen LogP contribution in [0.3, 0.4) is 0 Å². The highest BCUT2D eigenvalue weighted by molar-refractivity contribution is 7.50. The number of hydrogen-bond acceptors (Lipinski definition) is 9. The summed E-state index contributed by atoms with van der Waals surface area (Å²) in [4.78, 5) is 37.8. The van der Waals surface area contributed by atoms with Crippen LogP contribution in [0, 0.1) is 0 Å². The van der Waals surface area contributed by atoms with Gasteiger partial charge in [-0.1, -0.05) is 30.3 Å². The molecule has 2 aliphatic heterocycles. The SMILES string of the molecule is C[C@@]12OC(=O)O[C@@H]1[C@@H](COP(=O)(O)NCc1ccccc1)O[C@H]2n1ccc(N)nc1=O. The van der Waals surface area contributed by atoms with Crippen molar-refractivity contribution in [3.63, 3.8) is 0 Å². The van der Waals surface area contributed by atoms with Gasteiger partial charge in [0.25, 0.3) is 0 Å². The number of carbonyl (C=O) groups excluding carboxylic acids is 1. The Morgan fingerprint density at radius 3 is 2.77 bits per heavy atom. The van der Waals surface area contributed by atoms with Crippen LogP contribution in [0.5, 0.6) is 0 Å². The second-order valence-corrected chi connectivity index (χ2v) is 8.90. The van der Waals surface area contributed by atoms with Gasteiger partial charge in [0.1, 0.15) is 11.9 Å². The number of rotatable bonds is 7. The molecular formula is C18H21N4O8P. The highest BCUT2D eigenvalue weighted by Crippen LogP contribution is 2.47. The summed E-state index contributed by atoms with van der Waals surface area (Å²) in [7, 11) is -4.20. The Morgan fingerprint density at radius 1 is 1.32 bits per heavy atom. The molecule has 1 unspecified atom stereocenters. The molecule has 5 atom stereocenters. The molecule has 0 bridgehead atoms. The number of nitrogens with one attached hydrogen (secondary N) is 1. The third kappa shape index (κ3) is 4.34. The lowest BCUT2D eigenvalue weighted by atomic mass is 9.96. The van der Waals surface area contributed by atoms with Crippen molar-refractivity contribution in [2.24, 2.45) is 0 Å². The smallest absolute Gasteiger partial charge is 0.424 e. The number of nitrogens with zero attached hydrogens (tertiary/aromatic N) is 2. The molecule has 13 heteroatoms. The van der Waals surface area contributed by atoms with Gasteiger partial charge in [-0.05, 0) is 18.6 Å². The van der Waals surface area contributed by atoms with Gasteiger partial charge in [0.05, 0.1) is 6.61 Å². The fraction of sp³-hybridized carbons (Fsp3) is 0.389. The van der Waals surface area contributed by atoms with E-state index in [1.54, 1.807) is 24.3 Å². The second kappa shape index (κ2) is 8.06. The van der Waals surface area contributed by atoms with Crippen molar-refractivity contribution in [3.05, 3.63) is 58.6 Å². The third-order valence-electron chi connectivity index (χ3n) is 5.07. The predicted molar refractivity (Wildman–Crippen MR) is 106 cm³/mol. The van der Waals surface area contributed by atoms with Crippen molar-refractivity contribution in [3.8, 4) is 0 Å². The topological polar surface area (TPSA) is 164 Å². The van der Waals surface area contributed by atoms with E-state index in [4.69, 9.17) is 24.5 Å². The number of fused-ring (bicyclic) bond motifs is 1. The maximum absolute atomic E-state index is 12.4. The molecule has 0 amide bonds. The third-order valence-corrected chi connectivity index (χ3v) is 6.12. The van der Waals surface area contributed by atoms with Crippen LogP contribution < -0.4 is 16.5 Å². The van der Waals surface area contributed by atoms with Crippen LogP contribution >= 0.6 is 7.75 Å². The molecule has 4 N–H and O–H groups in total. The van der Waals surface area contributed by atoms with Gasteiger partial charge in [-0.3, -0.25) is 9.09 Å². The molecule has 0 saturated carbocycles. The Balaban J connectivity index is 1.48. The van der Waals surface area contributed by atoms with Gasteiger partial charge < -0.3 is 24.8 Å². The molecule has 0 radical (unpaired) electrons. The van der Waals surface area contributed by atoms with Crippen LogP contribution in [0.25, 0.3) is 0 Å². The van der Waals surface area contributed by atoms with Gasteiger partial charge in [0.15, 0.2) is 17.9 Å². The Kier molecular flexibility index (Phi) is 5.58. The average molecular weight is 452 g/mol. The number of nitrogen functional groups attached to an aromatic ring is 1. The van der Waals surface area contributed by atoms with E-state index in [1.165, 1.54) is 19.2 Å². The lowest BCUT2D eigenvalue weighted by Crippen LogP contribution is -2.44. The summed E-state index contributed by atoms with van der Waals surface area (Å²) in [6, 6.07) is 10.4. The van der Waals surface area contributed by atoms with E-state index in [-0.39, 0.29) is 12.4 Å². The summed E-state index contributed by atoms with van der Waals surface area (Å²) in [5.74, 6) is 0.0196. The molecule has 0 aliphatic carbocycles. The van der Waals surface area contributed by atoms with Gasteiger partial charge in [0.2, 0.25) is 0 Å². The standard InChI is InChI=1S/C18H21N4O8P/c1-18-14(29-17(24)30-18)12(28-15(18)22-8-7-13(19)21-16(22)23)10-27-31(25,26)20-9-11-5-3-2-4-6-11/h2-8,12,14-15H,9-10H2,1H3,(H2,19,21,23)(H2,20,25,26)/t12-,14-,15-,18-/m1/s1. The minimum absolute atomic E-state index is 0.0196. The summed E-state index contributed by atoms with van der Waals surface area (Å²) in [5, 5.41) is 2.45. The van der Waals surface area contributed by atoms with E-state index < -0.39 is 50.2 Å². The van der Waals surface area contributed by atoms with Crippen molar-refractivity contribution in [1.82, 2.24) is 14.6 Å². The molecule has 12 nitrogen and oxygen atoms in total. The molecular weight excluding hydrogens is 431 g/mol. The first-order chi connectivity index (χ1) is 14.7. The second-order valence-electron chi connectivity index (χ2n) is 7.28. The molecule has 3 heterocycles. The van der Waals surface area contributed by atoms with Crippen LogP contribution in [0.4, 0.5) is 10.6 Å². The minimum atomic E-state index is -4.20. The van der Waals surface area contributed by atoms with E-state index in [0.29, 0.717) is 0 Å². The van der Waals surface area contributed by atoms with Gasteiger partial charge in [-0.25, -0.2) is 19.2 Å². The van der Waals surface area contributed by atoms with Crippen molar-refractivity contribution in [1.29, 1.82) is 0 Å². The van der Waals surface area contributed by atoms with Crippen molar-refractivity contribution >= 4 is 19.7 Å². The largest absolute Gasteiger partial charge is 0.509 e. The van der Waals surface area contributed by atoms with Crippen molar-refractivity contribution in [2.45, 2.75) is 37.5 Å². The van der Waals surface area contributed by atoms with Crippen molar-refractivity contribution in [2.75, 3.05) is 12.3 Å². The number of carbonyl (C=O) groups is 1. The number of hydrogen-bond donors (Lipinski definition) is 3.